The van der Waals surface area contributed by atoms with Gasteiger partial charge in [-0.3, -0.25) is 0 Å². The number of nitrogens with zero attached hydrogens (tertiary/aromatic N) is 4. The lowest BCUT2D eigenvalue weighted by Crippen LogP contribution is -2.40. The third-order valence-electron chi connectivity index (χ3n) is 6.73. The fraction of sp³-hybridized carbons (Fsp3) is 0.357. The summed E-state index contributed by atoms with van der Waals surface area (Å²) in [5.41, 5.74) is 6.63. The van der Waals surface area contributed by atoms with Crippen molar-refractivity contribution >= 4 is 34.1 Å². The molecule has 0 unspecified atom stereocenters. The highest BCUT2D eigenvalue weighted by Gasteiger charge is 2.37. The Bertz CT molecular complexity index is 1430. The number of rotatable bonds is 4. The first-order chi connectivity index (χ1) is 18.5. The molecule has 4 heteroatoms. The lowest BCUT2D eigenvalue weighted by molar-refractivity contribution is 0.685. The van der Waals surface area contributed by atoms with Crippen molar-refractivity contribution < 1.29 is 11.0 Å². The van der Waals surface area contributed by atoms with E-state index in [0.29, 0.717) is 5.69 Å². The zero-order chi connectivity index (χ0) is 29.4. The lowest BCUT2D eigenvalue weighted by atomic mass is 10.0. The van der Waals surface area contributed by atoms with Gasteiger partial charge in [0.25, 0.3) is 0 Å². The Balaban J connectivity index is 1.65. The number of hydrogen-bond donors (Lipinski definition) is 0. The fourth-order valence-corrected chi connectivity index (χ4v) is 5.20. The van der Waals surface area contributed by atoms with Crippen LogP contribution in [0.4, 0.5) is 34.1 Å². The van der Waals surface area contributed by atoms with Gasteiger partial charge in [0.2, 0.25) is 0 Å². The summed E-state index contributed by atoms with van der Waals surface area (Å²) in [5.74, 6) is 0. The van der Waals surface area contributed by atoms with E-state index in [4.69, 9.17) is 11.0 Å². The van der Waals surface area contributed by atoms with Crippen molar-refractivity contribution in [1.82, 2.24) is 0 Å². The van der Waals surface area contributed by atoms with Gasteiger partial charge in [0.1, 0.15) is 12.3 Å². The Morgan fingerprint density at radius 3 is 1.75 bits per heavy atom. The van der Waals surface area contributed by atoms with Crippen LogP contribution in [0.3, 0.4) is 0 Å². The minimum absolute atomic E-state index is 0.0882. The normalized spacial score (nSPS) is 24.5. The molecule has 32 heavy (non-hydrogen) atoms. The van der Waals surface area contributed by atoms with E-state index in [1.54, 1.807) is 12.1 Å². The van der Waals surface area contributed by atoms with Crippen LogP contribution < -0.4 is 19.6 Å². The summed E-state index contributed by atoms with van der Waals surface area (Å²) in [6, 6.07) is 19.2. The Morgan fingerprint density at radius 1 is 0.719 bits per heavy atom. The van der Waals surface area contributed by atoms with Crippen LogP contribution in [-0.2, 0) is 0 Å². The van der Waals surface area contributed by atoms with Gasteiger partial charge in [-0.2, -0.15) is 0 Å². The van der Waals surface area contributed by atoms with E-state index in [1.165, 1.54) is 4.90 Å². The molecule has 2 atom stereocenters. The van der Waals surface area contributed by atoms with Crippen molar-refractivity contribution in [3.63, 3.8) is 0 Å². The highest BCUT2D eigenvalue weighted by molar-refractivity contribution is 5.90. The molecule has 3 aromatic rings. The second-order valence-electron chi connectivity index (χ2n) is 8.52. The van der Waals surface area contributed by atoms with Crippen molar-refractivity contribution in [3.05, 3.63) is 71.8 Å². The van der Waals surface area contributed by atoms with Crippen LogP contribution in [0.25, 0.3) is 0 Å². The molecule has 2 aliphatic heterocycles. The van der Waals surface area contributed by atoms with Gasteiger partial charge in [0, 0.05) is 35.4 Å². The van der Waals surface area contributed by atoms with Gasteiger partial charge < -0.3 is 19.6 Å². The summed E-state index contributed by atoms with van der Waals surface area (Å²) >= 11 is 0. The molecule has 3 aromatic carbocycles. The molecule has 2 heterocycles. The highest BCUT2D eigenvalue weighted by Crippen LogP contribution is 2.49. The Morgan fingerprint density at radius 2 is 1.22 bits per heavy atom. The quantitative estimate of drug-likeness (QED) is 0.440. The Labute approximate surface area is 203 Å². The van der Waals surface area contributed by atoms with E-state index in [9.17, 15) is 0 Å². The summed E-state index contributed by atoms with van der Waals surface area (Å²) in [6.07, 6.45) is -0.896. The molecule has 0 radical (unpaired) electrons. The first-order valence-electron chi connectivity index (χ1n) is 15.0. The van der Waals surface area contributed by atoms with Gasteiger partial charge in [-0.05, 0) is 88.9 Å². The van der Waals surface area contributed by atoms with E-state index < -0.39 is 26.4 Å². The monoisotopic (exact) mass is 434 g/mol. The van der Waals surface area contributed by atoms with E-state index in [1.807, 2.05) is 80.0 Å². The molecule has 0 aromatic heterocycles. The smallest absolute Gasteiger partial charge is 0.104 e. The number of para-hydroxylation sites is 4. The summed E-state index contributed by atoms with van der Waals surface area (Å²) in [7, 11) is 0. The van der Waals surface area contributed by atoms with Crippen LogP contribution in [0.1, 0.15) is 49.6 Å². The molecule has 2 aliphatic rings. The maximum atomic E-state index is 8.61. The second-order valence-corrected chi connectivity index (χ2v) is 8.52. The molecule has 0 fully saturated rings. The molecular weight excluding hydrogens is 392 g/mol. The molecule has 0 saturated heterocycles. The number of hydrogen-bond acceptors (Lipinski definition) is 4. The van der Waals surface area contributed by atoms with E-state index >= 15 is 0 Å². The predicted octanol–water partition coefficient (Wildman–Crippen LogP) is 6.95. The molecule has 5 rings (SSSR count). The minimum Gasteiger partial charge on any atom is -0.350 e. The average molecular weight is 435 g/mol. The summed E-state index contributed by atoms with van der Waals surface area (Å²) in [6.45, 7) is 0.117. The second kappa shape index (κ2) is 7.77. The van der Waals surface area contributed by atoms with Crippen molar-refractivity contribution in [3.8, 4) is 0 Å². The van der Waals surface area contributed by atoms with Crippen LogP contribution in [0, 0.1) is 13.8 Å². The third-order valence-corrected chi connectivity index (χ3v) is 6.73. The van der Waals surface area contributed by atoms with Gasteiger partial charge in [0.05, 0.1) is 22.7 Å². The Hall–Kier alpha value is -3.14. The molecule has 4 nitrogen and oxygen atoms in total. The number of anilines is 6. The fourth-order valence-electron chi connectivity index (χ4n) is 5.20. The number of fused-ring (bicyclic) bond motifs is 2. The van der Waals surface area contributed by atoms with E-state index in [-0.39, 0.29) is 12.7 Å². The zero-order valence-corrected chi connectivity index (χ0v) is 18.9. The molecule has 0 N–H and O–H groups in total. The maximum absolute atomic E-state index is 8.61. The van der Waals surface area contributed by atoms with Crippen LogP contribution >= 0.6 is 0 Å². The van der Waals surface area contributed by atoms with Crippen molar-refractivity contribution in [2.75, 3.05) is 32.6 Å². The Kier molecular flexibility index (Phi) is 3.26. The topological polar surface area (TPSA) is 13.0 Å². The molecule has 0 amide bonds. The van der Waals surface area contributed by atoms with Crippen molar-refractivity contribution in [2.45, 2.75) is 53.7 Å². The first kappa shape index (κ1) is 13.4. The van der Waals surface area contributed by atoms with E-state index in [0.717, 1.165) is 39.6 Å². The molecule has 166 valence electrons. The van der Waals surface area contributed by atoms with Crippen LogP contribution in [0.5, 0.6) is 0 Å². The highest BCUT2D eigenvalue weighted by atomic mass is 15.4. The number of aryl methyl sites for hydroxylation is 1. The van der Waals surface area contributed by atoms with Gasteiger partial charge in [-0.25, -0.2) is 0 Å². The predicted molar refractivity (Wildman–Crippen MR) is 138 cm³/mol. The van der Waals surface area contributed by atoms with Crippen LogP contribution in [0.15, 0.2) is 60.7 Å². The molecule has 0 spiro atoms. The van der Waals surface area contributed by atoms with Gasteiger partial charge >= 0.3 is 0 Å². The summed E-state index contributed by atoms with van der Waals surface area (Å²) < 4.78 is 64.8. The van der Waals surface area contributed by atoms with Gasteiger partial charge in [-0.15, -0.1) is 0 Å². The van der Waals surface area contributed by atoms with Gasteiger partial charge in [-0.1, -0.05) is 24.3 Å². The zero-order valence-electron chi connectivity index (χ0n) is 26.9. The summed E-state index contributed by atoms with van der Waals surface area (Å²) in [4.78, 5) is 7.41. The standard InChI is InChI=1S/C28H34N4/c1-7-29-21(5)31(25-15-11-9-13-23(25)29)27-17-19(3)18-28(20(27)4)32-22(6)30(8-2)24-14-10-12-16-26(24)32/h9-18,21-22H,7-8H2,1-6H3/t21-,22+/i1D3,2D3,7D2/m0/s1. The largest absolute Gasteiger partial charge is 0.350 e. The molecular formula is C28H34N4. The molecule has 0 aliphatic carbocycles. The maximum Gasteiger partial charge on any atom is 0.104 e. The minimum atomic E-state index is -2.86. The average Bonchev–Trinajstić information content (AvgIpc) is 3.29. The van der Waals surface area contributed by atoms with Crippen LogP contribution in [0.2, 0.25) is 0 Å². The van der Waals surface area contributed by atoms with E-state index in [2.05, 4.69) is 11.0 Å². The molecule has 0 bridgehead atoms. The lowest BCUT2D eigenvalue weighted by Gasteiger charge is -2.34. The van der Waals surface area contributed by atoms with Crippen molar-refractivity contribution in [1.29, 1.82) is 0 Å². The van der Waals surface area contributed by atoms with Crippen LogP contribution in [-0.4, -0.2) is 25.4 Å². The SMILES string of the molecule is [2H]C([2H])([2H])CN1c2ccccc2N(c2cc(C)cc(N3c4ccccc4N(C([2H])([2H])C([2H])([2H])[2H])[C@@H]3C)c2C)[C@@H]1C. The molecule has 0 saturated carbocycles. The van der Waals surface area contributed by atoms with Crippen molar-refractivity contribution in [2.24, 2.45) is 0 Å². The number of benzene rings is 3. The third kappa shape index (κ3) is 2.89. The summed E-state index contributed by atoms with van der Waals surface area (Å²) in [5, 5.41) is 0. The first-order valence-corrected chi connectivity index (χ1v) is 11.0. The van der Waals surface area contributed by atoms with Gasteiger partial charge in [0.15, 0.2) is 0 Å².